The summed E-state index contributed by atoms with van der Waals surface area (Å²) in [5.74, 6) is 2.73. The molecule has 2 heterocycles. The van der Waals surface area contributed by atoms with Crippen molar-refractivity contribution in [3.63, 3.8) is 0 Å². The molecular weight excluding hydrogens is 314 g/mol. The minimum Gasteiger partial charge on any atom is -0.490 e. The highest BCUT2D eigenvalue weighted by Crippen LogP contribution is 2.33. The molecule has 0 saturated heterocycles. The molecular formula is C17H19NO4S. The molecule has 1 aromatic carbocycles. The lowest BCUT2D eigenvalue weighted by molar-refractivity contribution is -0.127. The molecule has 0 unspecified atom stereocenters. The van der Waals surface area contributed by atoms with Gasteiger partial charge < -0.3 is 18.8 Å². The second-order valence-electron chi connectivity index (χ2n) is 5.28. The average Bonchev–Trinajstić information content (AvgIpc) is 2.95. The third kappa shape index (κ3) is 4.22. The first-order chi connectivity index (χ1) is 11.2. The highest BCUT2D eigenvalue weighted by molar-refractivity contribution is 8.00. The number of furan rings is 1. The minimum atomic E-state index is 0.0542. The molecule has 0 radical (unpaired) electrons. The maximum absolute atomic E-state index is 12.2. The number of fused-ring (bicyclic) bond motifs is 1. The zero-order valence-electron chi connectivity index (χ0n) is 13.0. The Labute approximate surface area is 139 Å². The van der Waals surface area contributed by atoms with Crippen molar-refractivity contribution in [2.45, 2.75) is 17.9 Å². The number of hydrogen-bond acceptors (Lipinski definition) is 5. The molecule has 0 aliphatic carbocycles. The van der Waals surface area contributed by atoms with Crippen molar-refractivity contribution in [3.05, 3.63) is 42.4 Å². The van der Waals surface area contributed by atoms with Gasteiger partial charge in [-0.2, -0.15) is 0 Å². The summed E-state index contributed by atoms with van der Waals surface area (Å²) in [4.78, 5) is 14.8. The number of carbonyl (C=O) groups is 1. The van der Waals surface area contributed by atoms with E-state index in [4.69, 9.17) is 13.9 Å². The molecule has 0 atom stereocenters. The summed E-state index contributed by atoms with van der Waals surface area (Å²) in [6.07, 6.45) is 2.49. The van der Waals surface area contributed by atoms with Crippen LogP contribution in [0, 0.1) is 0 Å². The normalized spacial score (nSPS) is 13.4. The van der Waals surface area contributed by atoms with Crippen LogP contribution in [-0.4, -0.2) is 36.8 Å². The van der Waals surface area contributed by atoms with Crippen molar-refractivity contribution < 1.29 is 18.7 Å². The highest BCUT2D eigenvalue weighted by Gasteiger charge is 2.14. The summed E-state index contributed by atoms with van der Waals surface area (Å²) in [6, 6.07) is 9.48. The van der Waals surface area contributed by atoms with E-state index in [9.17, 15) is 4.79 Å². The van der Waals surface area contributed by atoms with Gasteiger partial charge in [-0.3, -0.25) is 4.79 Å². The third-order valence-corrected chi connectivity index (χ3v) is 4.46. The van der Waals surface area contributed by atoms with Crippen LogP contribution in [0.4, 0.5) is 0 Å². The molecule has 1 amide bonds. The van der Waals surface area contributed by atoms with Crippen LogP contribution >= 0.6 is 11.8 Å². The van der Waals surface area contributed by atoms with Gasteiger partial charge in [0.1, 0.15) is 5.76 Å². The van der Waals surface area contributed by atoms with E-state index in [2.05, 4.69) is 0 Å². The van der Waals surface area contributed by atoms with Gasteiger partial charge in [0.25, 0.3) is 0 Å². The van der Waals surface area contributed by atoms with Crippen molar-refractivity contribution in [2.24, 2.45) is 0 Å². The van der Waals surface area contributed by atoms with Crippen LogP contribution < -0.4 is 9.47 Å². The van der Waals surface area contributed by atoms with E-state index in [0.717, 1.165) is 28.6 Å². The highest BCUT2D eigenvalue weighted by atomic mass is 32.2. The average molecular weight is 333 g/mol. The standard InChI is InChI=1S/C17H19NO4S/c1-18(11-13-4-2-7-20-13)17(19)12-23-14-5-6-15-16(10-14)22-9-3-8-21-15/h2,4-7,10H,3,8-9,11-12H2,1H3. The van der Waals surface area contributed by atoms with Crippen LogP contribution in [-0.2, 0) is 11.3 Å². The second kappa shape index (κ2) is 7.46. The Balaban J connectivity index is 1.55. The van der Waals surface area contributed by atoms with Crippen molar-refractivity contribution >= 4 is 17.7 Å². The van der Waals surface area contributed by atoms with Gasteiger partial charge >= 0.3 is 0 Å². The van der Waals surface area contributed by atoms with Gasteiger partial charge in [-0.25, -0.2) is 0 Å². The number of rotatable bonds is 5. The molecule has 0 fully saturated rings. The van der Waals surface area contributed by atoms with Gasteiger partial charge in [-0.15, -0.1) is 11.8 Å². The first kappa shape index (κ1) is 15.8. The van der Waals surface area contributed by atoms with Crippen molar-refractivity contribution in [1.82, 2.24) is 4.90 Å². The Bertz CT molecular complexity index is 657. The number of benzene rings is 1. The molecule has 1 aliphatic heterocycles. The summed E-state index contributed by atoms with van der Waals surface area (Å²) >= 11 is 1.49. The lowest BCUT2D eigenvalue weighted by Gasteiger charge is -2.15. The van der Waals surface area contributed by atoms with E-state index in [-0.39, 0.29) is 5.91 Å². The van der Waals surface area contributed by atoms with Crippen LogP contribution in [0.25, 0.3) is 0 Å². The first-order valence-electron chi connectivity index (χ1n) is 7.51. The molecule has 2 aromatic rings. The maximum atomic E-state index is 12.2. The maximum Gasteiger partial charge on any atom is 0.233 e. The van der Waals surface area contributed by atoms with Crippen LogP contribution in [0.1, 0.15) is 12.2 Å². The number of amides is 1. The van der Waals surface area contributed by atoms with Crippen LogP contribution in [0.3, 0.4) is 0 Å². The third-order valence-electron chi connectivity index (χ3n) is 3.48. The zero-order valence-corrected chi connectivity index (χ0v) is 13.8. The van der Waals surface area contributed by atoms with Gasteiger partial charge in [-0.1, -0.05) is 0 Å². The van der Waals surface area contributed by atoms with Crippen LogP contribution in [0.15, 0.2) is 45.9 Å². The molecule has 3 rings (SSSR count). The summed E-state index contributed by atoms with van der Waals surface area (Å²) in [6.45, 7) is 1.81. The predicted octanol–water partition coefficient (Wildman–Crippen LogP) is 3.19. The fourth-order valence-electron chi connectivity index (χ4n) is 2.21. The minimum absolute atomic E-state index is 0.0542. The Morgan fingerprint density at radius 3 is 2.83 bits per heavy atom. The summed E-state index contributed by atoms with van der Waals surface area (Å²) in [7, 11) is 1.78. The topological polar surface area (TPSA) is 51.9 Å². The molecule has 0 spiro atoms. The van der Waals surface area contributed by atoms with E-state index in [0.29, 0.717) is 25.5 Å². The van der Waals surface area contributed by atoms with Crippen molar-refractivity contribution in [1.29, 1.82) is 0 Å². The van der Waals surface area contributed by atoms with Gasteiger partial charge in [0, 0.05) is 18.4 Å². The number of carbonyl (C=O) groups excluding carboxylic acids is 1. The van der Waals surface area contributed by atoms with E-state index < -0.39 is 0 Å². The Morgan fingerprint density at radius 1 is 1.22 bits per heavy atom. The molecule has 23 heavy (non-hydrogen) atoms. The lowest BCUT2D eigenvalue weighted by Crippen LogP contribution is -2.27. The van der Waals surface area contributed by atoms with Crippen molar-refractivity contribution in [3.8, 4) is 11.5 Å². The van der Waals surface area contributed by atoms with Gasteiger partial charge in [0.15, 0.2) is 11.5 Å². The molecule has 0 N–H and O–H groups in total. The summed E-state index contributed by atoms with van der Waals surface area (Å²) in [5.41, 5.74) is 0. The van der Waals surface area contributed by atoms with E-state index in [1.165, 1.54) is 11.8 Å². The van der Waals surface area contributed by atoms with E-state index in [1.807, 2.05) is 30.3 Å². The Morgan fingerprint density at radius 2 is 2.04 bits per heavy atom. The Hall–Kier alpha value is -2.08. The molecule has 1 aromatic heterocycles. The molecule has 122 valence electrons. The molecule has 6 heteroatoms. The predicted molar refractivity (Wildman–Crippen MR) is 88.0 cm³/mol. The molecule has 0 saturated carbocycles. The number of thioether (sulfide) groups is 1. The quantitative estimate of drug-likeness (QED) is 0.787. The first-order valence-corrected chi connectivity index (χ1v) is 8.50. The van der Waals surface area contributed by atoms with E-state index in [1.54, 1.807) is 18.2 Å². The van der Waals surface area contributed by atoms with Gasteiger partial charge in [0.2, 0.25) is 5.91 Å². The summed E-state index contributed by atoms with van der Waals surface area (Å²) < 4.78 is 16.5. The molecule has 0 bridgehead atoms. The molecule has 5 nitrogen and oxygen atoms in total. The number of nitrogens with zero attached hydrogens (tertiary/aromatic N) is 1. The molecule has 1 aliphatic rings. The lowest BCUT2D eigenvalue weighted by atomic mass is 10.3. The van der Waals surface area contributed by atoms with Crippen molar-refractivity contribution in [2.75, 3.05) is 26.0 Å². The van der Waals surface area contributed by atoms with E-state index >= 15 is 0 Å². The monoisotopic (exact) mass is 333 g/mol. The van der Waals surface area contributed by atoms with Crippen LogP contribution in [0.2, 0.25) is 0 Å². The number of hydrogen-bond donors (Lipinski definition) is 0. The number of ether oxygens (including phenoxy) is 2. The second-order valence-corrected chi connectivity index (χ2v) is 6.33. The summed E-state index contributed by atoms with van der Waals surface area (Å²) in [5, 5.41) is 0. The SMILES string of the molecule is CN(Cc1ccco1)C(=O)CSc1ccc2c(c1)OCCCO2. The fourth-order valence-corrected chi connectivity index (χ4v) is 3.08. The zero-order chi connectivity index (χ0) is 16.1. The van der Waals surface area contributed by atoms with Gasteiger partial charge in [-0.05, 0) is 30.3 Å². The largest absolute Gasteiger partial charge is 0.490 e. The Kier molecular flexibility index (Phi) is 5.12. The fraction of sp³-hybridized carbons (Fsp3) is 0.353. The van der Waals surface area contributed by atoms with Gasteiger partial charge in [0.05, 0.1) is 31.8 Å². The smallest absolute Gasteiger partial charge is 0.233 e. The van der Waals surface area contributed by atoms with Crippen LogP contribution in [0.5, 0.6) is 11.5 Å².